The van der Waals surface area contributed by atoms with Gasteiger partial charge in [-0.1, -0.05) is 6.92 Å². The smallest absolute Gasteiger partial charge is 0.228 e. The molecule has 1 saturated heterocycles. The molecular weight excluding hydrogens is 222 g/mol. The molecule has 5 nitrogen and oxygen atoms in total. The van der Waals surface area contributed by atoms with Crippen LogP contribution in [0.3, 0.4) is 0 Å². The monoisotopic (exact) mass is 245 g/mol. The van der Waals surface area contributed by atoms with Crippen molar-refractivity contribution >= 4 is 5.91 Å². The third-order valence-electron chi connectivity index (χ3n) is 3.18. The number of aliphatic hydroxyl groups excluding tert-OH is 1. The molecule has 1 rings (SSSR count). The second-order valence-corrected chi connectivity index (χ2v) is 4.25. The molecule has 1 aliphatic heterocycles. The van der Waals surface area contributed by atoms with E-state index in [0.29, 0.717) is 26.3 Å². The first-order chi connectivity index (χ1) is 8.24. The zero-order valence-corrected chi connectivity index (χ0v) is 10.7. The summed E-state index contributed by atoms with van der Waals surface area (Å²) in [6, 6.07) is 0. The van der Waals surface area contributed by atoms with Crippen molar-refractivity contribution in [3.05, 3.63) is 0 Å². The van der Waals surface area contributed by atoms with Gasteiger partial charge >= 0.3 is 0 Å². The molecule has 2 atom stereocenters. The summed E-state index contributed by atoms with van der Waals surface area (Å²) < 4.78 is 10.5. The summed E-state index contributed by atoms with van der Waals surface area (Å²) in [6.45, 7) is 4.07. The highest BCUT2D eigenvalue weighted by atomic mass is 16.5. The van der Waals surface area contributed by atoms with Crippen molar-refractivity contribution in [3.63, 3.8) is 0 Å². The molecule has 1 aliphatic rings. The van der Waals surface area contributed by atoms with Crippen LogP contribution in [0, 0.1) is 5.92 Å². The fraction of sp³-hybridized carbons (Fsp3) is 0.917. The molecule has 5 heteroatoms. The average molecular weight is 245 g/mol. The fourth-order valence-corrected chi connectivity index (χ4v) is 2.22. The number of hydrogen-bond acceptors (Lipinski definition) is 4. The van der Waals surface area contributed by atoms with Gasteiger partial charge in [-0.05, 0) is 12.8 Å². The maximum absolute atomic E-state index is 12.3. The highest BCUT2D eigenvalue weighted by Gasteiger charge is 2.35. The Labute approximate surface area is 103 Å². The molecule has 1 amide bonds. The summed E-state index contributed by atoms with van der Waals surface area (Å²) in [5.74, 6) is 0.0313. The average Bonchev–Trinajstić information content (AvgIpc) is 2.81. The third kappa shape index (κ3) is 3.94. The molecule has 100 valence electrons. The topological polar surface area (TPSA) is 59.0 Å². The number of rotatable bonds is 7. The van der Waals surface area contributed by atoms with Gasteiger partial charge in [-0.25, -0.2) is 0 Å². The van der Waals surface area contributed by atoms with Gasteiger partial charge in [-0.3, -0.25) is 4.79 Å². The van der Waals surface area contributed by atoms with Crippen molar-refractivity contribution in [1.82, 2.24) is 4.90 Å². The normalized spacial score (nSPS) is 23.9. The van der Waals surface area contributed by atoms with Gasteiger partial charge in [0.25, 0.3) is 0 Å². The minimum Gasteiger partial charge on any atom is -0.395 e. The Morgan fingerprint density at radius 3 is 2.88 bits per heavy atom. The van der Waals surface area contributed by atoms with Crippen molar-refractivity contribution in [1.29, 1.82) is 0 Å². The van der Waals surface area contributed by atoms with Crippen LogP contribution >= 0.6 is 0 Å². The second kappa shape index (κ2) is 7.63. The highest BCUT2D eigenvalue weighted by Crippen LogP contribution is 2.25. The number of hydrogen-bond donors (Lipinski definition) is 1. The van der Waals surface area contributed by atoms with E-state index in [2.05, 4.69) is 0 Å². The fourth-order valence-electron chi connectivity index (χ4n) is 2.22. The zero-order valence-electron chi connectivity index (χ0n) is 10.7. The van der Waals surface area contributed by atoms with E-state index in [4.69, 9.17) is 14.6 Å². The summed E-state index contributed by atoms with van der Waals surface area (Å²) in [6.07, 6.45) is 1.67. The first-order valence-corrected chi connectivity index (χ1v) is 6.24. The summed E-state index contributed by atoms with van der Waals surface area (Å²) in [5.41, 5.74) is 0. The second-order valence-electron chi connectivity index (χ2n) is 4.25. The van der Waals surface area contributed by atoms with Crippen LogP contribution in [0.4, 0.5) is 0 Å². The first-order valence-electron chi connectivity index (χ1n) is 6.24. The molecule has 0 bridgehead atoms. The molecular formula is C12H23NO4. The molecule has 0 aromatic rings. The van der Waals surface area contributed by atoms with Crippen LogP contribution in [-0.4, -0.2) is 62.0 Å². The Balaban J connectivity index is 2.56. The van der Waals surface area contributed by atoms with E-state index in [1.807, 2.05) is 6.92 Å². The highest BCUT2D eigenvalue weighted by molar-refractivity contribution is 5.79. The lowest BCUT2D eigenvalue weighted by molar-refractivity contribution is -0.138. The van der Waals surface area contributed by atoms with Crippen LogP contribution in [0.2, 0.25) is 0 Å². The van der Waals surface area contributed by atoms with Gasteiger partial charge < -0.3 is 19.5 Å². The molecule has 1 heterocycles. The molecule has 1 fully saturated rings. The SMILES string of the molecule is CCC1OCCC1C(=O)N(CCO)CCOC. The first kappa shape index (κ1) is 14.4. The van der Waals surface area contributed by atoms with Crippen molar-refractivity contribution in [3.8, 4) is 0 Å². The van der Waals surface area contributed by atoms with Gasteiger partial charge in [0.05, 0.1) is 25.2 Å². The van der Waals surface area contributed by atoms with Crippen molar-refractivity contribution in [2.24, 2.45) is 5.92 Å². The quantitative estimate of drug-likeness (QED) is 0.699. The van der Waals surface area contributed by atoms with Gasteiger partial charge in [-0.15, -0.1) is 0 Å². The van der Waals surface area contributed by atoms with E-state index in [9.17, 15) is 4.79 Å². The van der Waals surface area contributed by atoms with Crippen molar-refractivity contribution in [2.45, 2.75) is 25.9 Å². The molecule has 0 aromatic heterocycles. The Morgan fingerprint density at radius 2 is 2.29 bits per heavy atom. The Morgan fingerprint density at radius 1 is 1.53 bits per heavy atom. The van der Waals surface area contributed by atoms with Crippen molar-refractivity contribution in [2.75, 3.05) is 40.0 Å². The summed E-state index contributed by atoms with van der Waals surface area (Å²) in [7, 11) is 1.61. The van der Waals surface area contributed by atoms with Crippen molar-refractivity contribution < 1.29 is 19.4 Å². The number of carbonyl (C=O) groups is 1. The number of carbonyl (C=O) groups excluding carboxylic acids is 1. The Bertz CT molecular complexity index is 235. The van der Waals surface area contributed by atoms with Crippen LogP contribution in [0.15, 0.2) is 0 Å². The van der Waals surface area contributed by atoms with E-state index in [0.717, 1.165) is 12.8 Å². The lowest BCUT2D eigenvalue weighted by atomic mass is 9.98. The maximum atomic E-state index is 12.3. The predicted octanol–water partition coefficient (Wildman–Crippen LogP) is 0.269. The van der Waals surface area contributed by atoms with E-state index in [1.54, 1.807) is 12.0 Å². The molecule has 0 spiro atoms. The predicted molar refractivity (Wildman–Crippen MR) is 63.7 cm³/mol. The summed E-state index contributed by atoms with van der Waals surface area (Å²) >= 11 is 0. The number of amides is 1. The zero-order chi connectivity index (χ0) is 12.7. The summed E-state index contributed by atoms with van der Waals surface area (Å²) in [5, 5.41) is 8.98. The minimum atomic E-state index is -0.0524. The molecule has 2 unspecified atom stereocenters. The number of ether oxygens (including phenoxy) is 2. The van der Waals surface area contributed by atoms with Gasteiger partial charge in [0.15, 0.2) is 0 Å². The van der Waals surface area contributed by atoms with Gasteiger partial charge in [0.2, 0.25) is 5.91 Å². The van der Waals surface area contributed by atoms with Crippen LogP contribution in [-0.2, 0) is 14.3 Å². The van der Waals surface area contributed by atoms with E-state index in [-0.39, 0.29) is 24.5 Å². The van der Waals surface area contributed by atoms with Crippen LogP contribution in [0.1, 0.15) is 19.8 Å². The van der Waals surface area contributed by atoms with Crippen LogP contribution in [0.25, 0.3) is 0 Å². The van der Waals surface area contributed by atoms with E-state index >= 15 is 0 Å². The molecule has 17 heavy (non-hydrogen) atoms. The number of aliphatic hydroxyl groups is 1. The standard InChI is InChI=1S/C12H23NO4/c1-3-11-10(4-8-17-11)12(15)13(5-7-14)6-9-16-2/h10-11,14H,3-9H2,1-2H3. The van der Waals surface area contributed by atoms with Crippen LogP contribution in [0.5, 0.6) is 0 Å². The van der Waals surface area contributed by atoms with Crippen LogP contribution < -0.4 is 0 Å². The Kier molecular flexibility index (Phi) is 6.47. The molecule has 0 radical (unpaired) electrons. The lowest BCUT2D eigenvalue weighted by Crippen LogP contribution is -2.42. The molecule has 0 aromatic carbocycles. The number of nitrogens with zero attached hydrogens (tertiary/aromatic N) is 1. The largest absolute Gasteiger partial charge is 0.395 e. The minimum absolute atomic E-state index is 0.0141. The Hall–Kier alpha value is -0.650. The maximum Gasteiger partial charge on any atom is 0.228 e. The van der Waals surface area contributed by atoms with Gasteiger partial charge in [-0.2, -0.15) is 0 Å². The van der Waals surface area contributed by atoms with Gasteiger partial charge in [0.1, 0.15) is 0 Å². The molecule has 0 saturated carbocycles. The van der Waals surface area contributed by atoms with E-state index in [1.165, 1.54) is 0 Å². The lowest BCUT2D eigenvalue weighted by Gasteiger charge is -2.26. The number of methoxy groups -OCH3 is 1. The molecule has 0 aliphatic carbocycles. The molecule has 1 N–H and O–H groups in total. The van der Waals surface area contributed by atoms with E-state index < -0.39 is 0 Å². The van der Waals surface area contributed by atoms with Gasteiger partial charge in [0, 0.05) is 26.8 Å². The summed E-state index contributed by atoms with van der Waals surface area (Å²) in [4.78, 5) is 14.0. The third-order valence-corrected chi connectivity index (χ3v) is 3.18.